The topological polar surface area (TPSA) is 76.7 Å². The molecule has 0 aromatic heterocycles. The van der Waals surface area contributed by atoms with Crippen LogP contribution in [0, 0.1) is 19.8 Å². The molecule has 0 radical (unpaired) electrons. The van der Waals surface area contributed by atoms with Gasteiger partial charge in [-0.05, 0) is 37.1 Å². The highest BCUT2D eigenvalue weighted by Crippen LogP contribution is 2.26. The van der Waals surface area contributed by atoms with Crippen molar-refractivity contribution in [2.75, 3.05) is 40.0 Å². The molecule has 124 valence electrons. The zero-order valence-corrected chi connectivity index (χ0v) is 14.1. The highest BCUT2D eigenvalue weighted by atomic mass is 32.2. The van der Waals surface area contributed by atoms with Gasteiger partial charge in [0.15, 0.2) is 0 Å². The number of ether oxygens (including phenoxy) is 2. The first-order chi connectivity index (χ1) is 10.4. The van der Waals surface area contributed by atoms with Crippen LogP contribution in [0.3, 0.4) is 0 Å². The second kappa shape index (κ2) is 7.41. The summed E-state index contributed by atoms with van der Waals surface area (Å²) in [5.41, 5.74) is 1.62. The normalized spacial score (nSPS) is 19.7. The Balaban J connectivity index is 2.09. The van der Waals surface area contributed by atoms with Crippen molar-refractivity contribution in [1.29, 1.82) is 0 Å². The van der Waals surface area contributed by atoms with Crippen LogP contribution < -0.4 is 14.8 Å². The van der Waals surface area contributed by atoms with Crippen LogP contribution in [0.2, 0.25) is 0 Å². The van der Waals surface area contributed by atoms with E-state index in [4.69, 9.17) is 9.47 Å². The van der Waals surface area contributed by atoms with Crippen LogP contribution in [0.4, 0.5) is 0 Å². The first kappa shape index (κ1) is 17.2. The molecule has 0 bridgehead atoms. The van der Waals surface area contributed by atoms with E-state index in [9.17, 15) is 8.42 Å². The van der Waals surface area contributed by atoms with Crippen molar-refractivity contribution in [2.45, 2.75) is 18.7 Å². The van der Waals surface area contributed by atoms with Crippen LogP contribution in [0.25, 0.3) is 0 Å². The van der Waals surface area contributed by atoms with Gasteiger partial charge in [-0.1, -0.05) is 0 Å². The lowest BCUT2D eigenvalue weighted by atomic mass is 10.1. The zero-order valence-electron chi connectivity index (χ0n) is 13.3. The van der Waals surface area contributed by atoms with Gasteiger partial charge in [0.05, 0.1) is 25.2 Å². The monoisotopic (exact) mass is 328 g/mol. The van der Waals surface area contributed by atoms with Gasteiger partial charge in [0, 0.05) is 25.6 Å². The third-order valence-electron chi connectivity index (χ3n) is 3.72. The van der Waals surface area contributed by atoms with Crippen molar-refractivity contribution in [3.8, 4) is 5.75 Å². The average Bonchev–Trinajstić information content (AvgIpc) is 2.73. The highest BCUT2D eigenvalue weighted by molar-refractivity contribution is 7.89. The van der Waals surface area contributed by atoms with E-state index in [0.717, 1.165) is 30.0 Å². The maximum Gasteiger partial charge on any atom is 0.240 e. The fourth-order valence-corrected chi connectivity index (χ4v) is 3.87. The molecule has 22 heavy (non-hydrogen) atoms. The van der Waals surface area contributed by atoms with Gasteiger partial charge < -0.3 is 14.8 Å². The number of hydrogen-bond acceptors (Lipinski definition) is 5. The summed E-state index contributed by atoms with van der Waals surface area (Å²) >= 11 is 0. The molecule has 0 amide bonds. The third kappa shape index (κ3) is 4.19. The minimum absolute atomic E-state index is 0.137. The highest BCUT2D eigenvalue weighted by Gasteiger charge is 2.20. The van der Waals surface area contributed by atoms with Gasteiger partial charge in [0.2, 0.25) is 10.0 Å². The van der Waals surface area contributed by atoms with Gasteiger partial charge in [-0.2, -0.15) is 0 Å². The van der Waals surface area contributed by atoms with E-state index in [2.05, 4.69) is 10.0 Å². The van der Waals surface area contributed by atoms with Gasteiger partial charge in [-0.25, -0.2) is 13.1 Å². The Kier molecular flexibility index (Phi) is 5.80. The smallest absolute Gasteiger partial charge is 0.240 e. The molecule has 2 rings (SSSR count). The molecule has 1 atom stereocenters. The Morgan fingerprint density at radius 1 is 1.36 bits per heavy atom. The van der Waals surface area contributed by atoms with E-state index in [-0.39, 0.29) is 10.8 Å². The molecule has 7 heteroatoms. The van der Waals surface area contributed by atoms with E-state index in [1.807, 2.05) is 13.8 Å². The Morgan fingerprint density at radius 3 is 2.68 bits per heavy atom. The van der Waals surface area contributed by atoms with Crippen molar-refractivity contribution in [1.82, 2.24) is 10.0 Å². The van der Waals surface area contributed by atoms with Crippen LogP contribution in [-0.2, 0) is 14.8 Å². The molecule has 1 aliphatic heterocycles. The lowest BCUT2D eigenvalue weighted by molar-refractivity contribution is 0.124. The molecule has 1 aromatic rings. The number of rotatable bonds is 5. The van der Waals surface area contributed by atoms with Crippen LogP contribution >= 0.6 is 0 Å². The minimum Gasteiger partial charge on any atom is -0.496 e. The Morgan fingerprint density at radius 2 is 2.05 bits per heavy atom. The fraction of sp³-hybridized carbons (Fsp3) is 0.600. The molecule has 1 heterocycles. The van der Waals surface area contributed by atoms with E-state index >= 15 is 0 Å². The van der Waals surface area contributed by atoms with Crippen molar-refractivity contribution in [3.05, 3.63) is 23.3 Å². The van der Waals surface area contributed by atoms with Gasteiger partial charge >= 0.3 is 0 Å². The minimum atomic E-state index is -3.53. The van der Waals surface area contributed by atoms with Crippen LogP contribution in [-0.4, -0.2) is 48.4 Å². The summed E-state index contributed by atoms with van der Waals surface area (Å²) in [6.07, 6.45) is 0. The lowest BCUT2D eigenvalue weighted by Crippen LogP contribution is -2.35. The van der Waals surface area contributed by atoms with Crippen LogP contribution in [0.1, 0.15) is 11.1 Å². The lowest BCUT2D eigenvalue weighted by Gasteiger charge is -2.16. The molecule has 1 saturated heterocycles. The molecule has 1 aliphatic rings. The van der Waals surface area contributed by atoms with Crippen molar-refractivity contribution in [2.24, 2.45) is 5.92 Å². The summed E-state index contributed by atoms with van der Waals surface area (Å²) in [6.45, 7) is 6.83. The summed E-state index contributed by atoms with van der Waals surface area (Å²) in [6, 6.07) is 3.27. The Hall–Kier alpha value is -1.15. The molecular weight excluding hydrogens is 304 g/mol. The largest absolute Gasteiger partial charge is 0.496 e. The summed E-state index contributed by atoms with van der Waals surface area (Å²) in [4.78, 5) is 0.269. The molecule has 0 saturated carbocycles. The first-order valence-corrected chi connectivity index (χ1v) is 8.85. The number of benzene rings is 1. The van der Waals surface area contributed by atoms with E-state index in [0.29, 0.717) is 19.8 Å². The van der Waals surface area contributed by atoms with Gasteiger partial charge in [0.1, 0.15) is 5.75 Å². The Bertz CT molecular complexity index is 585. The van der Waals surface area contributed by atoms with E-state index in [1.165, 1.54) is 0 Å². The molecular formula is C15H24N2O4S. The number of methoxy groups -OCH3 is 1. The second-order valence-electron chi connectivity index (χ2n) is 5.59. The van der Waals surface area contributed by atoms with Crippen LogP contribution in [0.15, 0.2) is 17.0 Å². The molecule has 2 N–H and O–H groups in total. The molecule has 6 nitrogen and oxygen atoms in total. The number of nitrogens with one attached hydrogen (secondary N) is 2. The van der Waals surface area contributed by atoms with Gasteiger partial charge in [-0.15, -0.1) is 0 Å². The number of hydrogen-bond donors (Lipinski definition) is 2. The predicted molar refractivity (Wildman–Crippen MR) is 84.8 cm³/mol. The van der Waals surface area contributed by atoms with E-state index < -0.39 is 10.0 Å². The van der Waals surface area contributed by atoms with Gasteiger partial charge in [0.25, 0.3) is 0 Å². The zero-order chi connectivity index (χ0) is 16.2. The standard InChI is InChI=1S/C15H24N2O4S/c1-11-6-14(7-12(2)15(11)20-3)22(18,19)17-9-13-8-16-4-5-21-10-13/h6-7,13,16-17H,4-5,8-10H2,1-3H3. The van der Waals surface area contributed by atoms with Crippen molar-refractivity contribution < 1.29 is 17.9 Å². The quantitative estimate of drug-likeness (QED) is 0.837. The predicted octanol–water partition coefficient (Wildman–Crippen LogP) is 0.826. The SMILES string of the molecule is COc1c(C)cc(S(=O)(=O)NCC2CNCCOC2)cc1C. The molecule has 1 unspecified atom stereocenters. The molecule has 0 aliphatic carbocycles. The third-order valence-corrected chi connectivity index (χ3v) is 5.12. The first-order valence-electron chi connectivity index (χ1n) is 7.37. The molecule has 1 fully saturated rings. The fourth-order valence-electron chi connectivity index (χ4n) is 2.59. The number of aryl methyl sites for hydroxylation is 2. The van der Waals surface area contributed by atoms with Crippen molar-refractivity contribution >= 4 is 10.0 Å². The van der Waals surface area contributed by atoms with Gasteiger partial charge in [-0.3, -0.25) is 0 Å². The molecule has 0 spiro atoms. The van der Waals surface area contributed by atoms with E-state index in [1.54, 1.807) is 19.2 Å². The Labute approximate surface area is 132 Å². The summed E-state index contributed by atoms with van der Waals surface area (Å²) in [5, 5.41) is 3.23. The van der Waals surface area contributed by atoms with Crippen molar-refractivity contribution in [3.63, 3.8) is 0 Å². The van der Waals surface area contributed by atoms with Crippen LogP contribution in [0.5, 0.6) is 5.75 Å². The number of sulfonamides is 1. The summed E-state index contributed by atoms with van der Waals surface area (Å²) < 4.78 is 38.3. The average molecular weight is 328 g/mol. The maximum atomic E-state index is 12.5. The second-order valence-corrected chi connectivity index (χ2v) is 7.35. The molecule has 1 aromatic carbocycles. The summed E-state index contributed by atoms with van der Waals surface area (Å²) in [5.74, 6) is 0.859. The maximum absolute atomic E-state index is 12.5. The summed E-state index contributed by atoms with van der Waals surface area (Å²) in [7, 11) is -1.95.